The third kappa shape index (κ3) is 4.29. The van der Waals surface area contributed by atoms with Gasteiger partial charge in [-0.15, -0.1) is 0 Å². The van der Waals surface area contributed by atoms with Gasteiger partial charge >= 0.3 is 0 Å². The van der Waals surface area contributed by atoms with E-state index in [0.717, 1.165) is 31.2 Å². The zero-order valence-electron chi connectivity index (χ0n) is 10.8. The van der Waals surface area contributed by atoms with Crippen LogP contribution in [-0.4, -0.2) is 13.1 Å². The van der Waals surface area contributed by atoms with Gasteiger partial charge in [-0.3, -0.25) is 0 Å². The summed E-state index contributed by atoms with van der Waals surface area (Å²) in [4.78, 5) is 0. The molecule has 1 atom stereocenters. The molecular weight excluding hydrogens is 237 g/mol. The van der Waals surface area contributed by atoms with Gasteiger partial charge in [-0.1, -0.05) is 24.6 Å². The first-order valence-corrected chi connectivity index (χ1v) is 6.58. The molecule has 1 nitrogen and oxygen atoms in total. The largest absolute Gasteiger partial charge is 0.317 e. The Hall–Kier alpha value is -0.600. The van der Waals surface area contributed by atoms with Gasteiger partial charge in [0.25, 0.3) is 0 Å². The molecule has 96 valence electrons. The zero-order valence-corrected chi connectivity index (χ0v) is 11.6. The highest BCUT2D eigenvalue weighted by Gasteiger charge is 2.07. The van der Waals surface area contributed by atoms with Crippen molar-refractivity contribution in [2.75, 3.05) is 7.05 Å². The van der Waals surface area contributed by atoms with Crippen LogP contribution in [-0.2, 0) is 6.42 Å². The van der Waals surface area contributed by atoms with E-state index < -0.39 is 0 Å². The first kappa shape index (κ1) is 14.5. The lowest BCUT2D eigenvalue weighted by Crippen LogP contribution is -2.23. The second kappa shape index (κ2) is 6.97. The molecule has 0 saturated heterocycles. The Morgan fingerprint density at radius 3 is 2.65 bits per heavy atom. The number of aryl methyl sites for hydroxylation is 2. The summed E-state index contributed by atoms with van der Waals surface area (Å²) < 4.78 is 13.3. The van der Waals surface area contributed by atoms with E-state index in [9.17, 15) is 4.39 Å². The molecule has 0 heterocycles. The van der Waals surface area contributed by atoms with Crippen molar-refractivity contribution in [2.45, 2.75) is 45.6 Å². The molecule has 0 aliphatic rings. The Bertz CT molecular complexity index is 338. The number of nitrogens with one attached hydrogen (secondary N) is 1. The molecule has 17 heavy (non-hydrogen) atoms. The van der Waals surface area contributed by atoms with Crippen molar-refractivity contribution in [2.24, 2.45) is 0 Å². The summed E-state index contributed by atoms with van der Waals surface area (Å²) in [6.45, 7) is 3.94. The van der Waals surface area contributed by atoms with Crippen molar-refractivity contribution in [3.05, 3.63) is 34.1 Å². The lowest BCUT2D eigenvalue weighted by molar-refractivity contribution is 0.491. The number of hydrogen-bond donors (Lipinski definition) is 1. The van der Waals surface area contributed by atoms with Gasteiger partial charge in [-0.2, -0.15) is 0 Å². The zero-order chi connectivity index (χ0) is 12.8. The molecule has 0 aliphatic heterocycles. The Morgan fingerprint density at radius 2 is 2.12 bits per heavy atom. The van der Waals surface area contributed by atoms with Gasteiger partial charge < -0.3 is 5.32 Å². The van der Waals surface area contributed by atoms with Gasteiger partial charge in [0.2, 0.25) is 0 Å². The van der Waals surface area contributed by atoms with E-state index in [4.69, 9.17) is 11.6 Å². The molecule has 0 aromatic heterocycles. The van der Waals surface area contributed by atoms with E-state index in [0.29, 0.717) is 11.6 Å². The molecule has 0 fully saturated rings. The van der Waals surface area contributed by atoms with Crippen LogP contribution in [0.1, 0.15) is 37.3 Å². The van der Waals surface area contributed by atoms with Gasteiger partial charge in [-0.05, 0) is 56.8 Å². The van der Waals surface area contributed by atoms with E-state index in [1.165, 1.54) is 0 Å². The molecule has 0 radical (unpaired) electrons. The molecule has 0 bridgehead atoms. The van der Waals surface area contributed by atoms with Crippen LogP contribution >= 0.6 is 11.6 Å². The number of benzene rings is 1. The average molecular weight is 258 g/mol. The van der Waals surface area contributed by atoms with Gasteiger partial charge in [0.1, 0.15) is 5.82 Å². The average Bonchev–Trinajstić information content (AvgIpc) is 2.31. The summed E-state index contributed by atoms with van der Waals surface area (Å²) >= 11 is 5.83. The van der Waals surface area contributed by atoms with Crippen molar-refractivity contribution >= 4 is 11.6 Å². The monoisotopic (exact) mass is 257 g/mol. The van der Waals surface area contributed by atoms with Crippen molar-refractivity contribution in [3.8, 4) is 0 Å². The molecule has 1 N–H and O–H groups in total. The lowest BCUT2D eigenvalue weighted by Gasteiger charge is -2.13. The Labute approximate surface area is 108 Å². The third-order valence-electron chi connectivity index (χ3n) is 3.19. The first-order valence-electron chi connectivity index (χ1n) is 6.20. The van der Waals surface area contributed by atoms with Crippen LogP contribution in [0.2, 0.25) is 5.02 Å². The summed E-state index contributed by atoms with van der Waals surface area (Å²) in [6.07, 6.45) is 4.33. The van der Waals surface area contributed by atoms with E-state index >= 15 is 0 Å². The normalized spacial score (nSPS) is 12.8. The molecule has 0 saturated carbocycles. The molecule has 0 amide bonds. The Balaban J connectivity index is 2.52. The van der Waals surface area contributed by atoms with Crippen LogP contribution in [0.5, 0.6) is 0 Å². The van der Waals surface area contributed by atoms with Crippen molar-refractivity contribution < 1.29 is 4.39 Å². The number of hydrogen-bond acceptors (Lipinski definition) is 1. The van der Waals surface area contributed by atoms with Gasteiger partial charge in [0.15, 0.2) is 0 Å². The second-order valence-corrected chi connectivity index (χ2v) is 4.90. The summed E-state index contributed by atoms with van der Waals surface area (Å²) in [5.41, 5.74) is 1.76. The third-order valence-corrected chi connectivity index (χ3v) is 3.46. The summed E-state index contributed by atoms with van der Waals surface area (Å²) in [7, 11) is 1.99. The Kier molecular flexibility index (Phi) is 5.93. The van der Waals surface area contributed by atoms with Gasteiger partial charge in [0.05, 0.1) is 5.02 Å². The number of rotatable bonds is 6. The summed E-state index contributed by atoms with van der Waals surface area (Å²) in [6, 6.07) is 4.21. The van der Waals surface area contributed by atoms with Crippen LogP contribution in [0, 0.1) is 12.7 Å². The molecular formula is C14H21ClFN. The lowest BCUT2D eigenvalue weighted by atomic mass is 10.0. The maximum Gasteiger partial charge on any atom is 0.144 e. The molecule has 1 rings (SSSR count). The molecule has 0 spiro atoms. The van der Waals surface area contributed by atoms with Gasteiger partial charge in [-0.25, -0.2) is 4.39 Å². The maximum absolute atomic E-state index is 13.3. The van der Waals surface area contributed by atoms with E-state index in [1.54, 1.807) is 13.0 Å². The molecule has 0 aliphatic carbocycles. The molecule has 3 heteroatoms. The van der Waals surface area contributed by atoms with Crippen molar-refractivity contribution in [3.63, 3.8) is 0 Å². The van der Waals surface area contributed by atoms with E-state index in [1.807, 2.05) is 13.1 Å². The fourth-order valence-corrected chi connectivity index (χ4v) is 2.34. The predicted octanol–water partition coefficient (Wildman–Crippen LogP) is 4.11. The fraction of sp³-hybridized carbons (Fsp3) is 0.571. The highest BCUT2D eigenvalue weighted by Crippen LogP contribution is 2.21. The quantitative estimate of drug-likeness (QED) is 0.809. The minimum absolute atomic E-state index is 0.237. The summed E-state index contributed by atoms with van der Waals surface area (Å²) in [5, 5.41) is 3.52. The maximum atomic E-state index is 13.3. The van der Waals surface area contributed by atoms with Crippen LogP contribution < -0.4 is 5.32 Å². The molecule has 1 aromatic carbocycles. The molecule has 0 unspecified atom stereocenters. The van der Waals surface area contributed by atoms with Crippen LogP contribution in [0.3, 0.4) is 0 Å². The SMILES string of the molecule is CC[C@@H](CCCc1cc(C)c(F)c(Cl)c1)NC. The van der Waals surface area contributed by atoms with Crippen LogP contribution in [0.4, 0.5) is 4.39 Å². The van der Waals surface area contributed by atoms with Crippen LogP contribution in [0.15, 0.2) is 12.1 Å². The highest BCUT2D eigenvalue weighted by molar-refractivity contribution is 6.30. The minimum Gasteiger partial charge on any atom is -0.317 e. The highest BCUT2D eigenvalue weighted by atomic mass is 35.5. The summed E-state index contributed by atoms with van der Waals surface area (Å²) in [5.74, 6) is -0.294. The van der Waals surface area contributed by atoms with Crippen LogP contribution in [0.25, 0.3) is 0 Å². The second-order valence-electron chi connectivity index (χ2n) is 4.49. The topological polar surface area (TPSA) is 12.0 Å². The van der Waals surface area contributed by atoms with E-state index in [-0.39, 0.29) is 10.8 Å². The number of halogens is 2. The molecule has 1 aromatic rings. The van der Waals surface area contributed by atoms with Crippen molar-refractivity contribution in [1.82, 2.24) is 5.32 Å². The fourth-order valence-electron chi connectivity index (χ4n) is 2.05. The van der Waals surface area contributed by atoms with Gasteiger partial charge in [0, 0.05) is 6.04 Å². The standard InChI is InChI=1S/C14H21ClFN/c1-4-12(17-3)7-5-6-11-8-10(2)14(16)13(15)9-11/h8-9,12,17H,4-7H2,1-3H3/t12-/m0/s1. The minimum atomic E-state index is -0.294. The smallest absolute Gasteiger partial charge is 0.144 e. The van der Waals surface area contributed by atoms with E-state index in [2.05, 4.69) is 12.2 Å². The Morgan fingerprint density at radius 1 is 1.41 bits per heavy atom. The predicted molar refractivity (Wildman–Crippen MR) is 72.2 cm³/mol. The van der Waals surface area contributed by atoms with Crippen molar-refractivity contribution in [1.29, 1.82) is 0 Å². The first-order chi connectivity index (χ1) is 8.08.